The topological polar surface area (TPSA) is 86.8 Å². The van der Waals surface area contributed by atoms with Crippen molar-refractivity contribution >= 4 is 43.5 Å². The monoisotopic (exact) mass is 661 g/mol. The molecule has 0 saturated carbocycles. The average Bonchev–Trinajstić information content (AvgIpc) is 3.00. The first-order valence-electron chi connectivity index (χ1n) is 14.0. The van der Waals surface area contributed by atoms with E-state index in [0.29, 0.717) is 5.69 Å². The third-order valence-electron chi connectivity index (χ3n) is 7.45. The van der Waals surface area contributed by atoms with Gasteiger partial charge in [0.1, 0.15) is 12.6 Å². The van der Waals surface area contributed by atoms with Crippen LogP contribution in [-0.4, -0.2) is 44.8 Å². The second-order valence-electron chi connectivity index (χ2n) is 10.6. The van der Waals surface area contributed by atoms with Crippen molar-refractivity contribution in [3.05, 3.63) is 129 Å². The summed E-state index contributed by atoms with van der Waals surface area (Å²) in [5.74, 6) is -0.838. The number of amides is 2. The Bertz CT molecular complexity index is 1680. The largest absolute Gasteiger partial charge is 0.357 e. The van der Waals surface area contributed by atoms with Crippen molar-refractivity contribution in [2.75, 3.05) is 17.9 Å². The van der Waals surface area contributed by atoms with Gasteiger partial charge in [0.15, 0.2) is 0 Å². The highest BCUT2D eigenvalue weighted by molar-refractivity contribution is 9.10. The zero-order chi connectivity index (χ0) is 31.1. The van der Waals surface area contributed by atoms with Gasteiger partial charge in [0.25, 0.3) is 10.0 Å². The Kier molecular flexibility index (Phi) is 10.4. The Morgan fingerprint density at radius 1 is 0.814 bits per heavy atom. The summed E-state index contributed by atoms with van der Waals surface area (Å²) in [6.45, 7) is 5.35. The van der Waals surface area contributed by atoms with Crippen molar-refractivity contribution in [1.29, 1.82) is 0 Å². The predicted octanol–water partition coefficient (Wildman–Crippen LogP) is 5.96. The van der Waals surface area contributed by atoms with Crippen molar-refractivity contribution < 1.29 is 18.0 Å². The maximum absolute atomic E-state index is 14.4. The molecule has 9 heteroatoms. The van der Waals surface area contributed by atoms with Gasteiger partial charge in [-0.15, -0.1) is 0 Å². The molecule has 0 heterocycles. The second-order valence-corrected chi connectivity index (χ2v) is 13.3. The van der Waals surface area contributed by atoms with Crippen LogP contribution >= 0.6 is 15.9 Å². The van der Waals surface area contributed by atoms with Gasteiger partial charge < -0.3 is 10.2 Å². The van der Waals surface area contributed by atoms with E-state index in [0.717, 1.165) is 36.6 Å². The Hall–Kier alpha value is -3.95. The van der Waals surface area contributed by atoms with Gasteiger partial charge in [-0.2, -0.15) is 0 Å². The summed E-state index contributed by atoms with van der Waals surface area (Å²) in [5.41, 5.74) is 4.87. The first-order valence-corrected chi connectivity index (χ1v) is 16.2. The number of rotatable bonds is 11. The molecule has 224 valence electrons. The zero-order valence-electron chi connectivity index (χ0n) is 24.7. The second kappa shape index (κ2) is 14.0. The summed E-state index contributed by atoms with van der Waals surface area (Å²) in [5, 5.41) is 2.70. The summed E-state index contributed by atoms with van der Waals surface area (Å²) in [4.78, 5) is 29.3. The molecule has 4 aromatic carbocycles. The van der Waals surface area contributed by atoms with Gasteiger partial charge >= 0.3 is 0 Å². The van der Waals surface area contributed by atoms with Gasteiger partial charge in [0, 0.05) is 24.5 Å². The van der Waals surface area contributed by atoms with E-state index in [-0.39, 0.29) is 23.8 Å². The maximum Gasteiger partial charge on any atom is 0.264 e. The number of halogens is 1. The van der Waals surface area contributed by atoms with Crippen LogP contribution in [-0.2, 0) is 32.6 Å². The number of hydrogen-bond acceptors (Lipinski definition) is 4. The Morgan fingerprint density at radius 2 is 1.47 bits per heavy atom. The van der Waals surface area contributed by atoms with Crippen LogP contribution in [0.1, 0.15) is 27.8 Å². The molecule has 0 saturated heterocycles. The number of nitrogens with zero attached hydrogens (tertiary/aromatic N) is 2. The van der Waals surface area contributed by atoms with Crippen molar-refractivity contribution in [1.82, 2.24) is 10.2 Å². The van der Waals surface area contributed by atoms with E-state index in [1.54, 1.807) is 36.4 Å². The molecule has 0 aromatic heterocycles. The average molecular weight is 663 g/mol. The molecule has 4 rings (SSSR count). The van der Waals surface area contributed by atoms with Crippen LogP contribution in [0.25, 0.3) is 0 Å². The minimum absolute atomic E-state index is 0.0794. The van der Waals surface area contributed by atoms with Crippen LogP contribution in [0.5, 0.6) is 0 Å². The van der Waals surface area contributed by atoms with Gasteiger partial charge in [0.2, 0.25) is 11.8 Å². The molecule has 4 aromatic rings. The van der Waals surface area contributed by atoms with Crippen molar-refractivity contribution in [3.8, 4) is 0 Å². The number of likely N-dealkylation sites (N-methyl/N-ethyl adjacent to an activating group) is 1. The Morgan fingerprint density at radius 3 is 2.07 bits per heavy atom. The lowest BCUT2D eigenvalue weighted by Crippen LogP contribution is -2.53. The van der Waals surface area contributed by atoms with Gasteiger partial charge in [-0.25, -0.2) is 8.42 Å². The number of hydrogen-bond donors (Lipinski definition) is 1. The SMILES string of the molecule is CNC(=O)[C@@H](Cc1ccccc1)N(Cc1ccc(Br)cc1)C(=O)CN(c1ccc(C)c(C)c1)S(=O)(=O)c1ccc(C)cc1. The summed E-state index contributed by atoms with van der Waals surface area (Å²) < 4.78 is 30.3. The maximum atomic E-state index is 14.4. The molecule has 0 unspecified atom stereocenters. The van der Waals surface area contributed by atoms with Gasteiger partial charge in [0.05, 0.1) is 10.6 Å². The van der Waals surface area contributed by atoms with Gasteiger partial charge in [-0.05, 0) is 79.4 Å². The number of sulfonamides is 1. The van der Waals surface area contributed by atoms with E-state index in [2.05, 4.69) is 21.2 Å². The first-order chi connectivity index (χ1) is 20.5. The van der Waals surface area contributed by atoms with Crippen molar-refractivity contribution in [2.45, 2.75) is 44.7 Å². The predicted molar refractivity (Wildman–Crippen MR) is 174 cm³/mol. The smallest absolute Gasteiger partial charge is 0.264 e. The van der Waals surface area contributed by atoms with E-state index >= 15 is 0 Å². The molecular weight excluding hydrogens is 626 g/mol. The van der Waals surface area contributed by atoms with Gasteiger partial charge in [-0.3, -0.25) is 13.9 Å². The zero-order valence-corrected chi connectivity index (χ0v) is 27.2. The third kappa shape index (κ3) is 7.91. The van der Waals surface area contributed by atoms with E-state index in [9.17, 15) is 18.0 Å². The number of carbonyl (C=O) groups excluding carboxylic acids is 2. The fourth-order valence-corrected chi connectivity index (χ4v) is 6.42. The number of carbonyl (C=O) groups is 2. The molecule has 1 atom stereocenters. The van der Waals surface area contributed by atoms with E-state index in [4.69, 9.17) is 0 Å². The van der Waals surface area contributed by atoms with Crippen LogP contribution in [0.4, 0.5) is 5.69 Å². The molecule has 7 nitrogen and oxygen atoms in total. The van der Waals surface area contributed by atoms with Crippen molar-refractivity contribution in [2.24, 2.45) is 0 Å². The lowest BCUT2D eigenvalue weighted by molar-refractivity contribution is -0.139. The van der Waals surface area contributed by atoms with E-state index < -0.39 is 28.5 Å². The number of benzene rings is 4. The summed E-state index contributed by atoms with van der Waals surface area (Å²) in [6.07, 6.45) is 0.261. The summed E-state index contributed by atoms with van der Waals surface area (Å²) >= 11 is 3.45. The number of anilines is 1. The lowest BCUT2D eigenvalue weighted by atomic mass is 10.0. The molecule has 0 aliphatic carbocycles. The fourth-order valence-electron chi connectivity index (χ4n) is 4.75. The number of nitrogens with one attached hydrogen (secondary N) is 1. The molecule has 43 heavy (non-hydrogen) atoms. The minimum atomic E-state index is -4.14. The molecular formula is C34H36BrN3O4S. The highest BCUT2D eigenvalue weighted by Crippen LogP contribution is 2.27. The van der Waals surface area contributed by atoms with E-state index in [1.807, 2.05) is 81.4 Å². The fraction of sp³-hybridized carbons (Fsp3) is 0.235. The minimum Gasteiger partial charge on any atom is -0.357 e. The highest BCUT2D eigenvalue weighted by Gasteiger charge is 2.34. The molecule has 1 N–H and O–H groups in total. The standard InChI is InChI=1S/C34H36BrN3O4S/c1-24-10-18-31(19-11-24)43(41,42)38(30-17-12-25(2)26(3)20-30)23-33(39)37(22-28-13-15-29(35)16-14-28)32(34(40)36-4)21-27-8-6-5-7-9-27/h5-20,32H,21-23H2,1-4H3,(H,36,40)/t32-/m1/s1. The van der Waals surface area contributed by atoms with Crippen LogP contribution in [0.2, 0.25) is 0 Å². The summed E-state index contributed by atoms with van der Waals surface area (Å²) in [7, 11) is -2.61. The summed E-state index contributed by atoms with van der Waals surface area (Å²) in [6, 6.07) is 27.9. The van der Waals surface area contributed by atoms with Gasteiger partial charge in [-0.1, -0.05) is 82.2 Å². The lowest BCUT2D eigenvalue weighted by Gasteiger charge is -2.33. The van der Waals surface area contributed by atoms with Crippen LogP contribution in [0, 0.1) is 20.8 Å². The van der Waals surface area contributed by atoms with Crippen LogP contribution in [0.3, 0.4) is 0 Å². The Labute approximate surface area is 262 Å². The normalized spacial score (nSPS) is 11.9. The highest BCUT2D eigenvalue weighted by atomic mass is 79.9. The third-order valence-corrected chi connectivity index (χ3v) is 9.77. The van der Waals surface area contributed by atoms with Crippen LogP contribution < -0.4 is 9.62 Å². The van der Waals surface area contributed by atoms with Crippen molar-refractivity contribution in [3.63, 3.8) is 0 Å². The molecule has 0 aliphatic heterocycles. The molecule has 2 amide bonds. The van der Waals surface area contributed by atoms with E-state index in [1.165, 1.54) is 11.9 Å². The molecule has 0 spiro atoms. The molecule has 0 aliphatic rings. The molecule has 0 bridgehead atoms. The van der Waals surface area contributed by atoms with Crippen LogP contribution in [0.15, 0.2) is 106 Å². The number of aryl methyl sites for hydroxylation is 3. The molecule has 0 radical (unpaired) electrons. The first kappa shape index (κ1) is 32.0. The Balaban J connectivity index is 1.80. The molecule has 0 fully saturated rings. The quantitative estimate of drug-likeness (QED) is 0.215.